The average molecular weight is 653 g/mol. The van der Waals surface area contributed by atoms with Gasteiger partial charge in [0, 0.05) is 50.4 Å². The summed E-state index contributed by atoms with van der Waals surface area (Å²) in [4.78, 5) is 53.7. The summed E-state index contributed by atoms with van der Waals surface area (Å²) in [6.45, 7) is 8.09. The molecule has 45 heavy (non-hydrogen) atoms. The molecule has 252 valence electrons. The van der Waals surface area contributed by atoms with Crippen LogP contribution in [0, 0.1) is 11.8 Å². The number of rotatable bonds is 7. The highest BCUT2D eigenvalue weighted by molar-refractivity contribution is 6.23. The third-order valence-corrected chi connectivity index (χ3v) is 7.65. The molecule has 6 atom stereocenters. The Kier molecular flexibility index (Phi) is 16.4. The summed E-state index contributed by atoms with van der Waals surface area (Å²) in [5.41, 5.74) is 6.55. The zero-order chi connectivity index (χ0) is 33.1. The van der Waals surface area contributed by atoms with Gasteiger partial charge in [0.05, 0.1) is 23.6 Å². The van der Waals surface area contributed by atoms with Gasteiger partial charge in [0.1, 0.15) is 6.10 Å². The summed E-state index contributed by atoms with van der Waals surface area (Å²) >= 11 is 0. The van der Waals surface area contributed by atoms with Gasteiger partial charge in [-0.25, -0.2) is 4.79 Å². The molecule has 5 N–H and O–H groups in total. The van der Waals surface area contributed by atoms with Crippen molar-refractivity contribution >= 4 is 36.0 Å². The van der Waals surface area contributed by atoms with E-state index in [1.807, 2.05) is 32.8 Å². The Morgan fingerprint density at radius 2 is 1.82 bits per heavy atom. The van der Waals surface area contributed by atoms with E-state index in [1.165, 1.54) is 20.3 Å². The van der Waals surface area contributed by atoms with Gasteiger partial charge >= 0.3 is 6.09 Å². The summed E-state index contributed by atoms with van der Waals surface area (Å²) in [6.07, 6.45) is 3.88. The van der Waals surface area contributed by atoms with Crippen molar-refractivity contribution in [3.8, 4) is 0 Å². The van der Waals surface area contributed by atoms with Gasteiger partial charge in [-0.15, -0.1) is 12.4 Å². The molecule has 0 fully saturated rings. The number of carbonyl (C=O) groups excluding carboxylic acids is 4. The fraction of sp³-hybridized carbons (Fsp3) is 0.562. The SMILES string of the molecule is COC1C=CC=C(C)C(=O)NC2=CC(=O)C(NCCN(C)C)=C(C[C@@H](C)C[C@H](OC)[C@H](O)[C@@H](C)C=C(C)[C@@H]1OC(N)=O)C2=O.Cl. The first-order valence-corrected chi connectivity index (χ1v) is 14.7. The molecule has 1 heterocycles. The fourth-order valence-electron chi connectivity index (χ4n) is 5.18. The smallest absolute Gasteiger partial charge is 0.405 e. The first kappa shape index (κ1) is 39.7. The van der Waals surface area contributed by atoms with Gasteiger partial charge in [-0.1, -0.05) is 38.2 Å². The van der Waals surface area contributed by atoms with E-state index in [0.29, 0.717) is 25.1 Å². The second-order valence-corrected chi connectivity index (χ2v) is 11.7. The summed E-state index contributed by atoms with van der Waals surface area (Å²) in [6, 6.07) is 0. The van der Waals surface area contributed by atoms with E-state index >= 15 is 0 Å². The molecule has 1 aliphatic heterocycles. The maximum Gasteiger partial charge on any atom is 0.405 e. The van der Waals surface area contributed by atoms with Gasteiger partial charge < -0.3 is 40.6 Å². The first-order valence-electron chi connectivity index (χ1n) is 14.7. The van der Waals surface area contributed by atoms with Crippen molar-refractivity contribution in [2.45, 2.75) is 65.0 Å². The van der Waals surface area contributed by atoms with E-state index in [9.17, 15) is 24.3 Å². The van der Waals surface area contributed by atoms with Crippen molar-refractivity contribution in [3.05, 3.63) is 58.5 Å². The van der Waals surface area contributed by atoms with Crippen LogP contribution in [0.3, 0.4) is 0 Å². The lowest BCUT2D eigenvalue weighted by Gasteiger charge is -2.30. The molecule has 0 spiro atoms. The average Bonchev–Trinajstić information content (AvgIpc) is 2.95. The van der Waals surface area contributed by atoms with Gasteiger partial charge in [-0.05, 0) is 52.3 Å². The topological polar surface area (TPSA) is 170 Å². The van der Waals surface area contributed by atoms with Crippen LogP contribution in [-0.2, 0) is 28.6 Å². The van der Waals surface area contributed by atoms with Crippen molar-refractivity contribution in [2.24, 2.45) is 17.6 Å². The minimum Gasteiger partial charge on any atom is -0.439 e. The van der Waals surface area contributed by atoms with Crippen molar-refractivity contribution in [1.29, 1.82) is 0 Å². The lowest BCUT2D eigenvalue weighted by molar-refractivity contribution is -0.120. The molecule has 2 amide bonds. The molecule has 2 bridgehead atoms. The molecular formula is C32H49ClN4O8. The number of halogens is 1. The molecule has 1 aliphatic carbocycles. The number of amides is 2. The molecule has 0 aromatic rings. The molecule has 0 aromatic carbocycles. The number of methoxy groups -OCH3 is 2. The Hall–Kier alpha value is -3.29. The third-order valence-electron chi connectivity index (χ3n) is 7.65. The number of nitrogens with zero attached hydrogens (tertiary/aromatic N) is 1. The lowest BCUT2D eigenvalue weighted by atomic mass is 9.85. The number of aliphatic hydroxyl groups is 1. The van der Waals surface area contributed by atoms with Gasteiger partial charge in [0.25, 0.3) is 5.91 Å². The van der Waals surface area contributed by atoms with Crippen molar-refractivity contribution in [2.75, 3.05) is 41.4 Å². The first-order chi connectivity index (χ1) is 20.7. The number of carbonyl (C=O) groups is 4. The van der Waals surface area contributed by atoms with Crippen LogP contribution in [0.4, 0.5) is 4.79 Å². The molecule has 1 unspecified atom stereocenters. The zero-order valence-corrected chi connectivity index (χ0v) is 28.2. The Morgan fingerprint density at radius 1 is 1.16 bits per heavy atom. The molecule has 0 aromatic heterocycles. The number of primary amides is 1. The standard InChI is InChI=1S/C32H48N4O8.ClH/c1-18-14-22-27(34-12-13-36(5)6)24(37)17-23(29(22)39)35-31(40)19(2)10-9-11-25(42-7)30(44-32(33)41)21(4)16-20(3)28(38)26(15-18)43-8;/h9-11,16-18,20,25-26,28,30,34,38H,12-15H2,1-8H3,(H2,33,41)(H,35,40);1H/t18-,20+,25?,26+,28-,30+;/m1./s1. The number of likely N-dealkylation sites (N-methyl/N-ethyl adjacent to an activating group) is 1. The van der Waals surface area contributed by atoms with E-state index in [-0.39, 0.29) is 47.3 Å². The van der Waals surface area contributed by atoms with Crippen LogP contribution in [0.25, 0.3) is 0 Å². The van der Waals surface area contributed by atoms with E-state index in [4.69, 9.17) is 19.9 Å². The monoisotopic (exact) mass is 652 g/mol. The van der Waals surface area contributed by atoms with Crippen LogP contribution in [-0.4, -0.2) is 99.4 Å². The number of nitrogens with two attached hydrogens (primary N) is 1. The number of aliphatic hydroxyl groups excluding tert-OH is 1. The number of fused-ring (bicyclic) bond motifs is 2. The van der Waals surface area contributed by atoms with E-state index < -0.39 is 53.9 Å². The largest absolute Gasteiger partial charge is 0.439 e. The second-order valence-electron chi connectivity index (χ2n) is 11.7. The highest BCUT2D eigenvalue weighted by Crippen LogP contribution is 2.28. The van der Waals surface area contributed by atoms with E-state index in [2.05, 4.69) is 10.6 Å². The number of Topliss-reactive ketones (excluding diaryl/α,β-unsaturated/α-hetero) is 1. The van der Waals surface area contributed by atoms with Crippen LogP contribution >= 0.6 is 12.4 Å². The zero-order valence-electron chi connectivity index (χ0n) is 27.4. The fourth-order valence-corrected chi connectivity index (χ4v) is 5.18. The van der Waals surface area contributed by atoms with E-state index in [1.54, 1.807) is 32.1 Å². The van der Waals surface area contributed by atoms with Crippen molar-refractivity contribution in [3.63, 3.8) is 0 Å². The highest BCUT2D eigenvalue weighted by Gasteiger charge is 2.33. The molecule has 2 aliphatic rings. The predicted octanol–water partition coefficient (Wildman–Crippen LogP) is 2.34. The summed E-state index contributed by atoms with van der Waals surface area (Å²) < 4.78 is 16.6. The van der Waals surface area contributed by atoms with Gasteiger partial charge in [-0.2, -0.15) is 0 Å². The van der Waals surface area contributed by atoms with Crippen molar-refractivity contribution in [1.82, 2.24) is 15.5 Å². The number of hydrogen-bond acceptors (Lipinski definition) is 10. The minimum absolute atomic E-state index is 0. The van der Waals surface area contributed by atoms with Gasteiger partial charge in [-0.3, -0.25) is 14.4 Å². The maximum absolute atomic E-state index is 13.7. The molecular weight excluding hydrogens is 604 g/mol. The summed E-state index contributed by atoms with van der Waals surface area (Å²) in [5, 5.41) is 17.0. The van der Waals surface area contributed by atoms with Crippen LogP contribution in [0.15, 0.2) is 58.5 Å². The molecule has 0 saturated heterocycles. The lowest BCUT2D eigenvalue weighted by Crippen LogP contribution is -2.38. The highest BCUT2D eigenvalue weighted by atomic mass is 35.5. The second kappa shape index (κ2) is 18.6. The van der Waals surface area contributed by atoms with Crippen LogP contribution in [0.2, 0.25) is 0 Å². The molecule has 0 saturated carbocycles. The number of ether oxygens (including phenoxy) is 3. The number of hydrogen-bond donors (Lipinski definition) is 4. The summed E-state index contributed by atoms with van der Waals surface area (Å²) in [5.74, 6) is -2.06. The Morgan fingerprint density at radius 3 is 2.40 bits per heavy atom. The normalized spacial score (nSPS) is 27.2. The molecule has 12 nitrogen and oxygen atoms in total. The van der Waals surface area contributed by atoms with Crippen LogP contribution < -0.4 is 16.4 Å². The van der Waals surface area contributed by atoms with Gasteiger partial charge in [0.2, 0.25) is 11.6 Å². The predicted molar refractivity (Wildman–Crippen MR) is 173 cm³/mol. The van der Waals surface area contributed by atoms with Crippen LogP contribution in [0.5, 0.6) is 0 Å². The molecule has 2 rings (SSSR count). The Labute approximate surface area is 272 Å². The minimum atomic E-state index is -0.997. The number of nitrogens with one attached hydrogen (secondary N) is 2. The molecule has 13 heteroatoms. The molecule has 0 radical (unpaired) electrons. The van der Waals surface area contributed by atoms with Crippen LogP contribution in [0.1, 0.15) is 40.5 Å². The Balaban J connectivity index is 0.0000101. The maximum atomic E-state index is 13.7. The number of allylic oxidation sites excluding steroid dienone is 4. The van der Waals surface area contributed by atoms with Gasteiger partial charge in [0.15, 0.2) is 6.10 Å². The Bertz CT molecular complexity index is 1240. The van der Waals surface area contributed by atoms with Crippen molar-refractivity contribution < 1.29 is 38.5 Å². The quantitative estimate of drug-likeness (QED) is 0.237. The third kappa shape index (κ3) is 11.5. The number of ketones is 2. The van der Waals surface area contributed by atoms with E-state index in [0.717, 1.165) is 6.08 Å². The summed E-state index contributed by atoms with van der Waals surface area (Å²) in [7, 11) is 6.74.